The van der Waals surface area contributed by atoms with Crippen molar-refractivity contribution in [1.82, 2.24) is 0 Å². The van der Waals surface area contributed by atoms with Crippen LogP contribution in [0.15, 0.2) is 108 Å². The van der Waals surface area contributed by atoms with Crippen molar-refractivity contribution >= 4 is 46.9 Å². The molecule has 4 aromatic rings. The van der Waals surface area contributed by atoms with Gasteiger partial charge in [0, 0.05) is 16.3 Å². The van der Waals surface area contributed by atoms with Gasteiger partial charge in [0.05, 0.1) is 16.7 Å². The summed E-state index contributed by atoms with van der Waals surface area (Å²) in [6.07, 6.45) is 0. The van der Waals surface area contributed by atoms with E-state index in [0.29, 0.717) is 16.3 Å². The maximum atomic E-state index is 13.2. The number of anilines is 2. The molecule has 0 saturated heterocycles. The van der Waals surface area contributed by atoms with Crippen molar-refractivity contribution in [2.45, 2.75) is 10.1 Å². The highest BCUT2D eigenvalue weighted by molar-refractivity contribution is 8.00. The Bertz CT molecular complexity index is 1490. The summed E-state index contributed by atoms with van der Waals surface area (Å²) in [6, 6.07) is 28.5. The summed E-state index contributed by atoms with van der Waals surface area (Å²) in [5, 5.41) is 23.6. The summed E-state index contributed by atoms with van der Waals surface area (Å²) >= 11 is 1.30. The van der Waals surface area contributed by atoms with Crippen LogP contribution in [-0.2, 0) is 4.79 Å². The fraction of sp³-hybridized carbons (Fsp3) is 0.0345. The van der Waals surface area contributed by atoms with E-state index in [1.54, 1.807) is 36.4 Å². The zero-order valence-electron chi connectivity index (χ0n) is 19.8. The van der Waals surface area contributed by atoms with Gasteiger partial charge in [0.1, 0.15) is 5.25 Å². The fourth-order valence-corrected chi connectivity index (χ4v) is 4.75. The lowest BCUT2D eigenvalue weighted by atomic mass is 10.0. The Morgan fingerprint density at radius 3 is 1.95 bits per heavy atom. The standard InChI is InChI=1S/C29H22N2O6S/c32-26(23-15-14-19(28(34)35)16-24(23)29(36)37)31-21-12-7-13-22(17-21)38-25(18-8-3-1-4-9-18)27(33)30-20-10-5-2-6-11-20/h1-17,25H,(H,30,33)(H,31,32)(H,34,35)(H,36,37). The van der Waals surface area contributed by atoms with Gasteiger partial charge in [-0.05, 0) is 54.1 Å². The Labute approximate surface area is 222 Å². The molecule has 0 saturated carbocycles. The highest BCUT2D eigenvalue weighted by Gasteiger charge is 2.23. The molecule has 4 N–H and O–H groups in total. The maximum absolute atomic E-state index is 13.2. The van der Waals surface area contributed by atoms with Gasteiger partial charge >= 0.3 is 11.9 Å². The molecule has 0 bridgehead atoms. The van der Waals surface area contributed by atoms with E-state index in [1.807, 2.05) is 48.5 Å². The Hall–Kier alpha value is -4.89. The number of hydrogen-bond acceptors (Lipinski definition) is 5. The molecule has 4 aromatic carbocycles. The van der Waals surface area contributed by atoms with Crippen LogP contribution in [0.25, 0.3) is 0 Å². The van der Waals surface area contributed by atoms with E-state index in [4.69, 9.17) is 5.11 Å². The van der Waals surface area contributed by atoms with E-state index in [2.05, 4.69) is 10.6 Å². The lowest BCUT2D eigenvalue weighted by molar-refractivity contribution is -0.115. The second kappa shape index (κ2) is 11.9. The number of aromatic carboxylic acids is 2. The molecule has 0 heterocycles. The first-order valence-corrected chi connectivity index (χ1v) is 12.3. The number of thioether (sulfide) groups is 1. The molecule has 0 fully saturated rings. The molecule has 2 amide bonds. The summed E-state index contributed by atoms with van der Waals surface area (Å²) in [4.78, 5) is 49.7. The van der Waals surface area contributed by atoms with Crippen LogP contribution in [-0.4, -0.2) is 34.0 Å². The Balaban J connectivity index is 1.56. The molecule has 1 atom stereocenters. The quantitative estimate of drug-likeness (QED) is 0.202. The number of nitrogens with one attached hydrogen (secondary N) is 2. The van der Waals surface area contributed by atoms with Crippen molar-refractivity contribution in [3.8, 4) is 0 Å². The normalized spacial score (nSPS) is 11.3. The molecule has 0 spiro atoms. The average molecular weight is 527 g/mol. The number of hydrogen-bond donors (Lipinski definition) is 4. The molecule has 190 valence electrons. The third-order valence-corrected chi connectivity index (χ3v) is 6.72. The minimum atomic E-state index is -1.42. The van der Waals surface area contributed by atoms with Crippen molar-refractivity contribution in [2.24, 2.45) is 0 Å². The minimum absolute atomic E-state index is 0.176. The van der Waals surface area contributed by atoms with Gasteiger partial charge in [0.25, 0.3) is 5.91 Å². The first kappa shape index (κ1) is 26.2. The molecular formula is C29H22N2O6S. The topological polar surface area (TPSA) is 133 Å². The third-order valence-electron chi connectivity index (χ3n) is 5.47. The summed E-state index contributed by atoms with van der Waals surface area (Å²) in [6.45, 7) is 0. The summed E-state index contributed by atoms with van der Waals surface area (Å²) in [5.74, 6) is -3.64. The van der Waals surface area contributed by atoms with Crippen LogP contribution in [0, 0.1) is 0 Å². The molecular weight excluding hydrogens is 504 g/mol. The maximum Gasteiger partial charge on any atom is 0.336 e. The van der Waals surface area contributed by atoms with Crippen LogP contribution in [0.5, 0.6) is 0 Å². The number of carboxylic acids is 2. The zero-order chi connectivity index (χ0) is 27.1. The van der Waals surface area contributed by atoms with Crippen molar-refractivity contribution < 1.29 is 29.4 Å². The SMILES string of the molecule is O=C(O)c1ccc(C(=O)Nc2cccc(SC(C(=O)Nc3ccccc3)c3ccccc3)c2)c(C(=O)O)c1. The number of amides is 2. The minimum Gasteiger partial charge on any atom is -0.478 e. The zero-order valence-corrected chi connectivity index (χ0v) is 20.6. The number of rotatable bonds is 9. The van der Waals surface area contributed by atoms with Gasteiger partial charge in [0.15, 0.2) is 0 Å². The molecule has 4 rings (SSSR count). The predicted octanol–water partition coefficient (Wildman–Crippen LogP) is 5.81. The molecule has 0 aliphatic heterocycles. The summed E-state index contributed by atoms with van der Waals surface area (Å²) < 4.78 is 0. The molecule has 9 heteroatoms. The van der Waals surface area contributed by atoms with Crippen molar-refractivity contribution in [3.63, 3.8) is 0 Å². The lowest BCUT2D eigenvalue weighted by Gasteiger charge is -2.18. The largest absolute Gasteiger partial charge is 0.478 e. The van der Waals surface area contributed by atoms with E-state index < -0.39 is 28.7 Å². The van der Waals surface area contributed by atoms with Crippen molar-refractivity contribution in [3.05, 3.63) is 125 Å². The Kier molecular flexibility index (Phi) is 8.20. The van der Waals surface area contributed by atoms with Crippen molar-refractivity contribution in [2.75, 3.05) is 10.6 Å². The van der Waals surface area contributed by atoms with Crippen molar-refractivity contribution in [1.29, 1.82) is 0 Å². The average Bonchev–Trinajstić information content (AvgIpc) is 2.92. The Morgan fingerprint density at radius 2 is 1.29 bits per heavy atom. The molecule has 38 heavy (non-hydrogen) atoms. The summed E-state index contributed by atoms with van der Waals surface area (Å²) in [5.41, 5.74) is 1.01. The van der Waals surface area contributed by atoms with E-state index >= 15 is 0 Å². The van der Waals surface area contributed by atoms with Crippen LogP contribution in [0.1, 0.15) is 41.9 Å². The second-order valence-corrected chi connectivity index (χ2v) is 9.29. The van der Waals surface area contributed by atoms with E-state index in [-0.39, 0.29) is 17.0 Å². The van der Waals surface area contributed by atoms with E-state index in [9.17, 15) is 24.3 Å². The van der Waals surface area contributed by atoms with Gasteiger partial charge in [0.2, 0.25) is 5.91 Å². The molecule has 0 aliphatic rings. The van der Waals surface area contributed by atoms with Crippen LogP contribution >= 0.6 is 11.8 Å². The first-order chi connectivity index (χ1) is 18.3. The number of benzene rings is 4. The molecule has 0 radical (unpaired) electrons. The summed E-state index contributed by atoms with van der Waals surface area (Å²) in [7, 11) is 0. The van der Waals surface area contributed by atoms with Gasteiger partial charge < -0.3 is 20.8 Å². The van der Waals surface area contributed by atoms with E-state index in [1.165, 1.54) is 23.9 Å². The lowest BCUT2D eigenvalue weighted by Crippen LogP contribution is -2.19. The second-order valence-electron chi connectivity index (χ2n) is 8.12. The number of carbonyl (C=O) groups is 4. The number of carbonyl (C=O) groups excluding carboxylic acids is 2. The number of para-hydroxylation sites is 1. The van der Waals surface area contributed by atoms with Gasteiger partial charge in [-0.2, -0.15) is 0 Å². The van der Waals surface area contributed by atoms with Crippen LogP contribution < -0.4 is 10.6 Å². The van der Waals surface area contributed by atoms with Gasteiger partial charge in [-0.1, -0.05) is 54.6 Å². The first-order valence-electron chi connectivity index (χ1n) is 11.4. The third kappa shape index (κ3) is 6.45. The highest BCUT2D eigenvalue weighted by atomic mass is 32.2. The van der Waals surface area contributed by atoms with Gasteiger partial charge in [-0.15, -0.1) is 11.8 Å². The van der Waals surface area contributed by atoms with Crippen LogP contribution in [0.4, 0.5) is 11.4 Å². The van der Waals surface area contributed by atoms with Crippen LogP contribution in [0.2, 0.25) is 0 Å². The fourth-order valence-electron chi connectivity index (χ4n) is 3.66. The smallest absolute Gasteiger partial charge is 0.336 e. The van der Waals surface area contributed by atoms with Gasteiger partial charge in [-0.25, -0.2) is 9.59 Å². The van der Waals surface area contributed by atoms with Gasteiger partial charge in [-0.3, -0.25) is 9.59 Å². The number of carboxylic acid groups (broad SMARTS) is 2. The highest BCUT2D eigenvalue weighted by Crippen LogP contribution is 2.37. The monoisotopic (exact) mass is 526 g/mol. The van der Waals surface area contributed by atoms with E-state index in [0.717, 1.165) is 11.6 Å². The molecule has 1 unspecified atom stereocenters. The Morgan fingerprint density at radius 1 is 0.632 bits per heavy atom. The molecule has 0 aromatic heterocycles. The molecule has 8 nitrogen and oxygen atoms in total. The van der Waals surface area contributed by atoms with Crippen LogP contribution in [0.3, 0.4) is 0 Å². The molecule has 0 aliphatic carbocycles. The predicted molar refractivity (Wildman–Crippen MR) is 145 cm³/mol.